The molecular weight excluding hydrogens is 386 g/mol. The standard InChI is InChI=1S/C22H27N3OS2/c1-4-24(5-2)14-15-25(20(26)16-17-10-7-6-8-11-17)22-23-21-18(27-3)12-9-13-19(21)28-22/h6-13H,4-5,14-16H2,1-3H3. The molecule has 0 aliphatic heterocycles. The molecule has 0 spiro atoms. The van der Waals surface area contributed by atoms with Crippen LogP contribution in [0.15, 0.2) is 53.4 Å². The first-order chi connectivity index (χ1) is 13.7. The molecule has 0 saturated carbocycles. The van der Waals surface area contributed by atoms with Gasteiger partial charge in [0.1, 0.15) is 0 Å². The number of fused-ring (bicyclic) bond motifs is 1. The van der Waals surface area contributed by atoms with Crippen molar-refractivity contribution < 1.29 is 4.79 Å². The van der Waals surface area contributed by atoms with E-state index in [1.807, 2.05) is 35.2 Å². The number of rotatable bonds is 9. The quantitative estimate of drug-likeness (QED) is 0.466. The molecular formula is C22H27N3OS2. The molecule has 0 aliphatic rings. The van der Waals surface area contributed by atoms with Crippen molar-refractivity contribution in [3.63, 3.8) is 0 Å². The van der Waals surface area contributed by atoms with Crippen molar-refractivity contribution in [1.82, 2.24) is 9.88 Å². The topological polar surface area (TPSA) is 36.4 Å². The summed E-state index contributed by atoms with van der Waals surface area (Å²) in [6.07, 6.45) is 2.46. The van der Waals surface area contributed by atoms with Crippen molar-refractivity contribution in [2.24, 2.45) is 0 Å². The van der Waals surface area contributed by atoms with Crippen molar-refractivity contribution in [1.29, 1.82) is 0 Å². The van der Waals surface area contributed by atoms with Crippen LogP contribution in [0.3, 0.4) is 0 Å². The summed E-state index contributed by atoms with van der Waals surface area (Å²) in [5.74, 6) is 0.100. The van der Waals surface area contributed by atoms with Gasteiger partial charge in [0.25, 0.3) is 0 Å². The molecule has 0 radical (unpaired) electrons. The van der Waals surface area contributed by atoms with Crippen molar-refractivity contribution in [3.8, 4) is 0 Å². The summed E-state index contributed by atoms with van der Waals surface area (Å²) in [7, 11) is 0. The Morgan fingerprint density at radius 1 is 1.04 bits per heavy atom. The van der Waals surface area contributed by atoms with Gasteiger partial charge in [0.15, 0.2) is 5.13 Å². The molecule has 0 atom stereocenters. The predicted octanol–water partition coefficient (Wildman–Crippen LogP) is 4.94. The van der Waals surface area contributed by atoms with Crippen LogP contribution in [0, 0.1) is 0 Å². The zero-order valence-electron chi connectivity index (χ0n) is 16.7. The normalized spacial score (nSPS) is 11.3. The SMILES string of the molecule is CCN(CC)CCN(C(=O)Cc1ccccc1)c1nc2c(SC)cccc2s1. The Balaban J connectivity index is 1.90. The van der Waals surface area contributed by atoms with Crippen molar-refractivity contribution in [2.45, 2.75) is 25.2 Å². The fourth-order valence-corrected chi connectivity index (χ4v) is 4.83. The number of hydrogen-bond donors (Lipinski definition) is 0. The van der Waals surface area contributed by atoms with E-state index in [4.69, 9.17) is 4.98 Å². The van der Waals surface area contributed by atoms with Crippen molar-refractivity contribution in [3.05, 3.63) is 54.1 Å². The van der Waals surface area contributed by atoms with Gasteiger partial charge < -0.3 is 4.90 Å². The van der Waals surface area contributed by atoms with Crippen LogP contribution < -0.4 is 4.90 Å². The summed E-state index contributed by atoms with van der Waals surface area (Å²) in [5.41, 5.74) is 2.03. The van der Waals surface area contributed by atoms with Crippen LogP contribution in [0.5, 0.6) is 0 Å². The maximum Gasteiger partial charge on any atom is 0.233 e. The monoisotopic (exact) mass is 413 g/mol. The Morgan fingerprint density at radius 2 is 1.79 bits per heavy atom. The van der Waals surface area contributed by atoms with Gasteiger partial charge in [-0.3, -0.25) is 9.69 Å². The minimum atomic E-state index is 0.100. The lowest BCUT2D eigenvalue weighted by Crippen LogP contribution is -2.39. The Hall–Kier alpha value is -1.89. The van der Waals surface area contributed by atoms with Gasteiger partial charge in [-0.2, -0.15) is 0 Å². The lowest BCUT2D eigenvalue weighted by atomic mass is 10.1. The molecule has 0 aliphatic carbocycles. The van der Waals surface area contributed by atoms with E-state index in [0.717, 1.165) is 45.4 Å². The highest BCUT2D eigenvalue weighted by Gasteiger charge is 2.21. The third-order valence-electron chi connectivity index (χ3n) is 4.85. The lowest BCUT2D eigenvalue weighted by molar-refractivity contribution is -0.118. The molecule has 1 heterocycles. The first kappa shape index (κ1) is 20.8. The van der Waals surface area contributed by atoms with Crippen LogP contribution in [0.2, 0.25) is 0 Å². The number of carbonyl (C=O) groups excluding carboxylic acids is 1. The second kappa shape index (κ2) is 10.0. The summed E-state index contributed by atoms with van der Waals surface area (Å²) >= 11 is 3.30. The Morgan fingerprint density at radius 3 is 2.46 bits per heavy atom. The second-order valence-electron chi connectivity index (χ2n) is 6.54. The van der Waals surface area contributed by atoms with Crippen LogP contribution in [-0.4, -0.2) is 48.2 Å². The number of para-hydroxylation sites is 1. The molecule has 0 saturated heterocycles. The van der Waals surface area contributed by atoms with E-state index in [-0.39, 0.29) is 5.91 Å². The Bertz CT molecular complexity index is 907. The number of thioether (sulfide) groups is 1. The van der Waals surface area contributed by atoms with Gasteiger partial charge in [-0.1, -0.05) is 61.6 Å². The Labute approximate surface area is 175 Å². The third-order valence-corrected chi connectivity index (χ3v) is 6.67. The van der Waals surface area contributed by atoms with E-state index in [1.165, 1.54) is 0 Å². The molecule has 0 fully saturated rings. The van der Waals surface area contributed by atoms with Crippen molar-refractivity contribution in [2.75, 3.05) is 37.3 Å². The van der Waals surface area contributed by atoms with Crippen LogP contribution in [0.4, 0.5) is 5.13 Å². The van der Waals surface area contributed by atoms with E-state index in [2.05, 4.69) is 43.2 Å². The number of thiazole rings is 1. The molecule has 28 heavy (non-hydrogen) atoms. The molecule has 3 rings (SSSR count). The summed E-state index contributed by atoms with van der Waals surface area (Å²) in [6, 6.07) is 16.2. The van der Waals surface area contributed by atoms with Crippen LogP contribution in [0.25, 0.3) is 10.2 Å². The molecule has 2 aromatic carbocycles. The lowest BCUT2D eigenvalue weighted by Gasteiger charge is -2.24. The van der Waals surface area contributed by atoms with Gasteiger partial charge in [-0.15, -0.1) is 11.8 Å². The van der Waals surface area contributed by atoms with Gasteiger partial charge >= 0.3 is 0 Å². The zero-order chi connectivity index (χ0) is 19.9. The van der Waals surface area contributed by atoms with Gasteiger partial charge in [-0.05, 0) is 37.0 Å². The maximum absolute atomic E-state index is 13.2. The number of nitrogens with zero attached hydrogens (tertiary/aromatic N) is 3. The fraction of sp³-hybridized carbons (Fsp3) is 0.364. The highest BCUT2D eigenvalue weighted by Crippen LogP contribution is 2.34. The molecule has 0 unspecified atom stereocenters. The molecule has 0 bridgehead atoms. The first-order valence-electron chi connectivity index (χ1n) is 9.66. The maximum atomic E-state index is 13.2. The minimum Gasteiger partial charge on any atom is -0.302 e. The molecule has 0 N–H and O–H groups in total. The number of likely N-dealkylation sites (N-methyl/N-ethyl adjacent to an activating group) is 1. The summed E-state index contributed by atoms with van der Waals surface area (Å²) < 4.78 is 1.13. The van der Waals surface area contributed by atoms with E-state index < -0.39 is 0 Å². The smallest absolute Gasteiger partial charge is 0.233 e. The van der Waals surface area contributed by atoms with Gasteiger partial charge in [-0.25, -0.2) is 4.98 Å². The summed E-state index contributed by atoms with van der Waals surface area (Å²) in [6.45, 7) is 7.77. The number of hydrogen-bond acceptors (Lipinski definition) is 5. The zero-order valence-corrected chi connectivity index (χ0v) is 18.4. The second-order valence-corrected chi connectivity index (χ2v) is 8.40. The number of benzene rings is 2. The molecule has 1 amide bonds. The van der Waals surface area contributed by atoms with E-state index in [0.29, 0.717) is 13.0 Å². The van der Waals surface area contributed by atoms with Crippen molar-refractivity contribution >= 4 is 44.4 Å². The molecule has 1 aromatic heterocycles. The molecule has 3 aromatic rings. The van der Waals surface area contributed by atoms with E-state index in [9.17, 15) is 4.79 Å². The highest BCUT2D eigenvalue weighted by molar-refractivity contribution is 7.98. The average molecular weight is 414 g/mol. The molecule has 148 valence electrons. The average Bonchev–Trinajstić information content (AvgIpc) is 3.15. The molecule has 6 heteroatoms. The number of carbonyl (C=O) groups is 1. The van der Waals surface area contributed by atoms with E-state index >= 15 is 0 Å². The van der Waals surface area contributed by atoms with E-state index in [1.54, 1.807) is 23.1 Å². The number of amides is 1. The van der Waals surface area contributed by atoms with Gasteiger partial charge in [0.2, 0.25) is 5.91 Å². The highest BCUT2D eigenvalue weighted by atomic mass is 32.2. The minimum absolute atomic E-state index is 0.100. The fourth-order valence-electron chi connectivity index (χ4n) is 3.17. The van der Waals surface area contributed by atoms with Gasteiger partial charge in [0.05, 0.1) is 16.6 Å². The van der Waals surface area contributed by atoms with Gasteiger partial charge in [0, 0.05) is 18.0 Å². The van der Waals surface area contributed by atoms with Crippen LogP contribution in [-0.2, 0) is 11.2 Å². The predicted molar refractivity (Wildman–Crippen MR) is 122 cm³/mol. The third kappa shape index (κ3) is 4.93. The largest absolute Gasteiger partial charge is 0.302 e. The number of anilines is 1. The molecule has 4 nitrogen and oxygen atoms in total. The summed E-state index contributed by atoms with van der Waals surface area (Å²) in [4.78, 5) is 23.4. The summed E-state index contributed by atoms with van der Waals surface area (Å²) in [5, 5.41) is 0.796. The number of aromatic nitrogens is 1. The van der Waals surface area contributed by atoms with Crippen LogP contribution >= 0.6 is 23.1 Å². The van der Waals surface area contributed by atoms with Crippen LogP contribution in [0.1, 0.15) is 19.4 Å². The Kier molecular flexibility index (Phi) is 7.48. The first-order valence-corrected chi connectivity index (χ1v) is 11.7.